The zero-order valence-electron chi connectivity index (χ0n) is 28.9. The average Bonchev–Trinajstić information content (AvgIpc) is 3.88. The fourth-order valence-corrected chi connectivity index (χ4v) is 7.81. The lowest BCUT2D eigenvalue weighted by atomic mass is 10.1. The summed E-state index contributed by atoms with van der Waals surface area (Å²) < 4.78 is 109. The number of allylic oxidation sites excluding steroid dienone is 5. The lowest BCUT2D eigenvalue weighted by molar-refractivity contribution is -0.303. The molecule has 1 saturated carbocycles. The average molecular weight is 776 g/mol. The van der Waals surface area contributed by atoms with Gasteiger partial charge in [0.05, 0.1) is 15.8 Å². The number of halogens is 6. The Balaban J connectivity index is 0.000000299. The maximum Gasteiger partial charge on any atom is 0.573 e. The summed E-state index contributed by atoms with van der Waals surface area (Å²) in [5.41, 5.74) is 1.70. The number of fused-ring (bicyclic) bond motifs is 1. The highest BCUT2D eigenvalue weighted by atomic mass is 32.2. The number of carbonyl (C=O) groups is 1. The Labute approximate surface area is 301 Å². The Morgan fingerprint density at radius 3 is 2.25 bits per heavy atom. The lowest BCUT2D eigenvalue weighted by Crippen LogP contribution is -2.57. The number of nitrogens with zero attached hydrogens (tertiary/aromatic N) is 5. The van der Waals surface area contributed by atoms with Crippen LogP contribution in [0.1, 0.15) is 71.5 Å². The van der Waals surface area contributed by atoms with Crippen LogP contribution in [0.15, 0.2) is 71.0 Å². The number of rotatable bonds is 9. The summed E-state index contributed by atoms with van der Waals surface area (Å²) in [4.78, 5) is 27.6. The van der Waals surface area contributed by atoms with Crippen molar-refractivity contribution >= 4 is 42.6 Å². The molecule has 0 bridgehead atoms. The number of sulfonamides is 1. The molecule has 3 aliphatic rings. The molecule has 0 radical (unpaired) electrons. The second-order valence-corrected chi connectivity index (χ2v) is 14.6. The van der Waals surface area contributed by atoms with Crippen molar-refractivity contribution in [3.8, 4) is 5.75 Å². The van der Waals surface area contributed by atoms with Crippen LogP contribution in [0.2, 0.25) is 0 Å². The Morgan fingerprint density at radius 1 is 0.981 bits per heavy atom. The third kappa shape index (κ3) is 11.2. The molecule has 0 N–H and O–H groups in total. The van der Waals surface area contributed by atoms with Gasteiger partial charge in [-0.1, -0.05) is 56.3 Å². The molecule has 1 saturated heterocycles. The van der Waals surface area contributed by atoms with Crippen molar-refractivity contribution in [2.24, 2.45) is 0 Å². The van der Waals surface area contributed by atoms with E-state index in [0.717, 1.165) is 70.4 Å². The highest BCUT2D eigenvalue weighted by molar-refractivity contribution is 7.89. The molecule has 18 heteroatoms. The predicted molar refractivity (Wildman–Crippen MR) is 184 cm³/mol. The second-order valence-electron chi connectivity index (χ2n) is 11.7. The number of thiazole rings is 1. The van der Waals surface area contributed by atoms with Crippen LogP contribution in [0.25, 0.3) is 10.3 Å². The first-order valence-corrected chi connectivity index (χ1v) is 18.9. The third-order valence-corrected chi connectivity index (χ3v) is 10.7. The fourth-order valence-electron chi connectivity index (χ4n) is 5.28. The number of piperazine rings is 1. The minimum atomic E-state index is -4.89. The number of ketones is 1. The number of ether oxygens (including phenoxy) is 2. The lowest BCUT2D eigenvalue weighted by Gasteiger charge is -2.39. The highest BCUT2D eigenvalue weighted by Gasteiger charge is 2.40. The van der Waals surface area contributed by atoms with Crippen molar-refractivity contribution in [3.05, 3.63) is 71.9 Å². The maximum absolute atomic E-state index is 13.3. The van der Waals surface area contributed by atoms with Crippen LogP contribution in [-0.2, 0) is 19.6 Å². The van der Waals surface area contributed by atoms with Crippen LogP contribution in [-0.4, -0.2) is 71.9 Å². The quantitative estimate of drug-likeness (QED) is 0.198. The van der Waals surface area contributed by atoms with Gasteiger partial charge >= 0.3 is 12.7 Å². The van der Waals surface area contributed by atoms with E-state index in [1.807, 2.05) is 25.7 Å². The van der Waals surface area contributed by atoms with Gasteiger partial charge in [-0.2, -0.15) is 9.29 Å². The van der Waals surface area contributed by atoms with Gasteiger partial charge in [0.25, 0.3) is 0 Å². The Kier molecular flexibility index (Phi) is 13.5. The molecule has 1 atom stereocenters. The zero-order valence-corrected chi connectivity index (χ0v) is 30.5. The van der Waals surface area contributed by atoms with Crippen molar-refractivity contribution in [3.63, 3.8) is 0 Å². The number of alkyl halides is 6. The minimum absolute atomic E-state index is 0.00229. The Hall–Kier alpha value is -4.03. The summed E-state index contributed by atoms with van der Waals surface area (Å²) in [6.45, 7) is 7.71. The molecule has 2 aromatic heterocycles. The van der Waals surface area contributed by atoms with Gasteiger partial charge in [0.15, 0.2) is 10.8 Å². The molecule has 1 aliphatic heterocycles. The van der Waals surface area contributed by atoms with Crippen molar-refractivity contribution < 1.29 is 49.0 Å². The number of anilines is 1. The van der Waals surface area contributed by atoms with E-state index in [9.17, 15) is 39.6 Å². The van der Waals surface area contributed by atoms with E-state index in [1.54, 1.807) is 18.3 Å². The molecular weight excluding hydrogens is 737 g/mol. The van der Waals surface area contributed by atoms with Crippen molar-refractivity contribution in [1.82, 2.24) is 19.3 Å². The van der Waals surface area contributed by atoms with Gasteiger partial charge in [-0.05, 0) is 69.0 Å². The molecule has 1 aromatic carbocycles. The van der Waals surface area contributed by atoms with Gasteiger partial charge in [0, 0.05) is 25.6 Å². The Bertz CT molecular complexity index is 1890. The first kappa shape index (κ1) is 40.7. The number of benzene rings is 1. The van der Waals surface area contributed by atoms with Gasteiger partial charge in [-0.25, -0.2) is 18.4 Å². The number of Topliss-reactive ketones (excluding diaryl/α,β-unsaturated/α-hetero) is 1. The van der Waals surface area contributed by atoms with E-state index in [1.165, 1.54) is 30.4 Å². The van der Waals surface area contributed by atoms with E-state index < -0.39 is 34.5 Å². The molecular formula is C34H39F6N5O5S2. The fraction of sp³-hybridized carbons (Fsp3) is 0.471. The summed E-state index contributed by atoms with van der Waals surface area (Å²) in [6, 6.07) is 2.93. The van der Waals surface area contributed by atoms with Gasteiger partial charge in [0.1, 0.15) is 29.2 Å². The van der Waals surface area contributed by atoms with E-state index >= 15 is 0 Å². The van der Waals surface area contributed by atoms with Crippen LogP contribution < -0.4 is 9.64 Å². The molecule has 52 heavy (non-hydrogen) atoms. The van der Waals surface area contributed by atoms with Crippen LogP contribution in [0.3, 0.4) is 0 Å². The van der Waals surface area contributed by atoms with Crippen molar-refractivity contribution in [2.75, 3.05) is 24.5 Å². The number of hydrogen-bond acceptors (Lipinski definition) is 10. The highest BCUT2D eigenvalue weighted by Crippen LogP contribution is 2.39. The minimum Gasteiger partial charge on any atom is -0.406 e. The first-order chi connectivity index (χ1) is 24.5. The topological polar surface area (TPSA) is 115 Å². The summed E-state index contributed by atoms with van der Waals surface area (Å²) in [5, 5.41) is 0.624. The van der Waals surface area contributed by atoms with Crippen LogP contribution >= 0.6 is 11.3 Å². The monoisotopic (exact) mass is 775 g/mol. The summed E-state index contributed by atoms with van der Waals surface area (Å²) >= 11 is 1.37. The second kappa shape index (κ2) is 17.2. The number of aromatic nitrogens is 3. The third-order valence-electron chi connectivity index (χ3n) is 7.79. The molecule has 10 nitrogen and oxygen atoms in total. The molecule has 2 fully saturated rings. The normalized spacial score (nSPS) is 18.3. The largest absolute Gasteiger partial charge is 0.573 e. The number of carbonyl (C=O) groups excluding carboxylic acids is 1. The van der Waals surface area contributed by atoms with Gasteiger partial charge in [-0.15, -0.1) is 26.3 Å². The molecule has 2 aliphatic carbocycles. The Morgan fingerprint density at radius 2 is 1.65 bits per heavy atom. The summed E-state index contributed by atoms with van der Waals surface area (Å²) in [6.07, 6.45) is 3.06. The summed E-state index contributed by atoms with van der Waals surface area (Å²) in [7, 11) is -4.15. The van der Waals surface area contributed by atoms with Crippen LogP contribution in [0, 0.1) is 0 Å². The van der Waals surface area contributed by atoms with Gasteiger partial charge in [-0.3, -0.25) is 4.79 Å². The van der Waals surface area contributed by atoms with E-state index in [2.05, 4.69) is 24.4 Å². The molecule has 3 aromatic rings. The van der Waals surface area contributed by atoms with E-state index in [0.29, 0.717) is 23.1 Å². The molecule has 0 spiro atoms. The first-order valence-electron chi connectivity index (χ1n) is 16.6. The van der Waals surface area contributed by atoms with Gasteiger partial charge < -0.3 is 14.4 Å². The van der Waals surface area contributed by atoms with Gasteiger partial charge in [0.2, 0.25) is 10.0 Å². The molecule has 6 rings (SSSR count). The summed E-state index contributed by atoms with van der Waals surface area (Å²) in [5.74, 6) is 0.113. The van der Waals surface area contributed by atoms with Crippen molar-refractivity contribution in [2.45, 2.75) is 89.4 Å². The molecule has 0 unspecified atom stereocenters. The molecule has 3 heterocycles. The smallest absolute Gasteiger partial charge is 0.406 e. The molecule has 284 valence electrons. The standard InChI is InChI=1S/C21H20F3N5O4S2.C11H13F3O.C2H6/c1-12(30)16-11-28(20-27-19-17(34-20)10-25-18(26-19)13-2-3-13)8-9-29(16)35(31,32)15-6-4-14(5-7-15)33-21(22,23)24;1-2-4-9-5-3-6-10(8-7-9)15-11(12,13)14;1-2/h4-7,10,13,16H,2-3,8-9,11H2,1H3;3,6-8H,2,4-5H2,1H3;1-2H3/t16-;;/m1../s1. The van der Waals surface area contributed by atoms with E-state index in [-0.39, 0.29) is 36.1 Å². The van der Waals surface area contributed by atoms with Crippen LogP contribution in [0.4, 0.5) is 31.5 Å². The van der Waals surface area contributed by atoms with Crippen molar-refractivity contribution in [1.29, 1.82) is 0 Å². The maximum atomic E-state index is 13.3. The molecule has 0 amide bonds. The van der Waals surface area contributed by atoms with Crippen LogP contribution in [0.5, 0.6) is 5.75 Å². The SMILES string of the molecule is CC.CC(=O)[C@H]1CN(c2nc3nc(C4CC4)ncc3s2)CCN1S(=O)(=O)c1ccc(OC(F)(F)F)cc1.CCCC1=CC=C(OC(F)(F)F)C=CC1. The number of hydrogen-bond donors (Lipinski definition) is 0. The predicted octanol–water partition coefficient (Wildman–Crippen LogP) is 8.45. The zero-order chi connectivity index (χ0) is 38.3. The van der Waals surface area contributed by atoms with E-state index in [4.69, 9.17) is 0 Å².